The van der Waals surface area contributed by atoms with Crippen LogP contribution in [0.1, 0.15) is 43.4 Å². The van der Waals surface area contributed by atoms with Crippen molar-refractivity contribution in [1.82, 2.24) is 4.90 Å². The van der Waals surface area contributed by atoms with Gasteiger partial charge >= 0.3 is 0 Å². The van der Waals surface area contributed by atoms with Crippen molar-refractivity contribution in [2.24, 2.45) is 5.73 Å². The van der Waals surface area contributed by atoms with Crippen molar-refractivity contribution >= 4 is 0 Å². The molecule has 0 saturated carbocycles. The average molecular weight is 232 g/mol. The molecule has 1 aliphatic rings. The van der Waals surface area contributed by atoms with E-state index in [9.17, 15) is 0 Å². The van der Waals surface area contributed by atoms with Crippen molar-refractivity contribution in [3.63, 3.8) is 0 Å². The van der Waals surface area contributed by atoms with Crippen LogP contribution in [0.3, 0.4) is 0 Å². The van der Waals surface area contributed by atoms with Gasteiger partial charge in [-0.2, -0.15) is 0 Å². The number of piperidine rings is 1. The Kier molecular flexibility index (Phi) is 4.19. The van der Waals surface area contributed by atoms with Crippen LogP contribution in [0, 0.1) is 6.92 Å². The zero-order valence-electron chi connectivity index (χ0n) is 11.0. The minimum atomic E-state index is 0.149. The number of likely N-dealkylation sites (tertiary alicyclic amines) is 1. The summed E-state index contributed by atoms with van der Waals surface area (Å²) in [5.41, 5.74) is 8.88. The van der Waals surface area contributed by atoms with Crippen molar-refractivity contribution in [3.8, 4) is 0 Å². The average Bonchev–Trinajstić information content (AvgIpc) is 2.32. The van der Waals surface area contributed by atoms with E-state index in [0.717, 1.165) is 6.54 Å². The lowest BCUT2D eigenvalue weighted by Gasteiger charge is -2.35. The predicted molar refractivity (Wildman–Crippen MR) is 73.0 cm³/mol. The maximum absolute atomic E-state index is 6.32. The standard InChI is InChI=1S/C15H24N2/c1-12-6-5-8-14(10-12)15(16)11-17-9-4-3-7-13(17)2/h5-6,8,10,13,15H,3-4,7,9,11,16H2,1-2H3. The van der Waals surface area contributed by atoms with E-state index in [1.165, 1.54) is 36.9 Å². The Bertz CT molecular complexity index is 362. The van der Waals surface area contributed by atoms with Gasteiger partial charge in [0.25, 0.3) is 0 Å². The van der Waals surface area contributed by atoms with Gasteiger partial charge in [-0.25, -0.2) is 0 Å². The summed E-state index contributed by atoms with van der Waals surface area (Å²) in [6.07, 6.45) is 4.02. The fourth-order valence-corrected chi connectivity index (χ4v) is 2.69. The third kappa shape index (κ3) is 3.30. The Labute approximate surface area is 105 Å². The first-order valence-electron chi connectivity index (χ1n) is 6.73. The molecule has 94 valence electrons. The number of hydrogen-bond donors (Lipinski definition) is 1. The summed E-state index contributed by atoms with van der Waals surface area (Å²) in [4.78, 5) is 2.54. The van der Waals surface area contributed by atoms with Gasteiger partial charge in [0.05, 0.1) is 0 Å². The molecular weight excluding hydrogens is 208 g/mol. The van der Waals surface area contributed by atoms with Crippen molar-refractivity contribution in [2.75, 3.05) is 13.1 Å². The normalized spacial score (nSPS) is 23.6. The quantitative estimate of drug-likeness (QED) is 0.868. The van der Waals surface area contributed by atoms with Gasteiger partial charge in [0.15, 0.2) is 0 Å². The zero-order valence-corrected chi connectivity index (χ0v) is 11.0. The van der Waals surface area contributed by atoms with Gasteiger partial charge in [-0.3, -0.25) is 4.90 Å². The summed E-state index contributed by atoms with van der Waals surface area (Å²) < 4.78 is 0. The van der Waals surface area contributed by atoms with E-state index < -0.39 is 0 Å². The SMILES string of the molecule is Cc1cccc(C(N)CN2CCCCC2C)c1. The zero-order chi connectivity index (χ0) is 12.3. The van der Waals surface area contributed by atoms with Gasteiger partial charge < -0.3 is 5.73 Å². The van der Waals surface area contributed by atoms with E-state index in [1.807, 2.05) is 0 Å². The van der Waals surface area contributed by atoms with E-state index in [-0.39, 0.29) is 6.04 Å². The van der Waals surface area contributed by atoms with Crippen molar-refractivity contribution in [2.45, 2.75) is 45.2 Å². The van der Waals surface area contributed by atoms with E-state index >= 15 is 0 Å². The van der Waals surface area contributed by atoms with E-state index in [2.05, 4.69) is 43.0 Å². The molecule has 2 heteroatoms. The van der Waals surface area contributed by atoms with Crippen LogP contribution in [0.5, 0.6) is 0 Å². The van der Waals surface area contributed by atoms with Crippen LogP contribution in [0.25, 0.3) is 0 Å². The van der Waals surface area contributed by atoms with Crippen LogP contribution in [0.15, 0.2) is 24.3 Å². The molecule has 2 N–H and O–H groups in total. The van der Waals surface area contributed by atoms with Crippen molar-refractivity contribution in [1.29, 1.82) is 0 Å². The third-order valence-electron chi connectivity index (χ3n) is 3.84. The first-order chi connectivity index (χ1) is 8.16. The van der Waals surface area contributed by atoms with Crippen LogP contribution in [-0.4, -0.2) is 24.0 Å². The van der Waals surface area contributed by atoms with Crippen LogP contribution in [-0.2, 0) is 0 Å². The summed E-state index contributed by atoms with van der Waals surface area (Å²) in [6.45, 7) is 6.65. The van der Waals surface area contributed by atoms with Gasteiger partial charge in [0, 0.05) is 18.6 Å². The molecule has 0 aliphatic carbocycles. The number of rotatable bonds is 3. The Morgan fingerprint density at radius 2 is 2.24 bits per heavy atom. The molecule has 1 aromatic rings. The van der Waals surface area contributed by atoms with Crippen LogP contribution in [0.2, 0.25) is 0 Å². The number of benzene rings is 1. The molecule has 2 atom stereocenters. The molecule has 1 fully saturated rings. The highest BCUT2D eigenvalue weighted by molar-refractivity contribution is 5.25. The molecule has 0 radical (unpaired) electrons. The van der Waals surface area contributed by atoms with E-state index in [0.29, 0.717) is 6.04 Å². The molecule has 0 spiro atoms. The topological polar surface area (TPSA) is 29.3 Å². The lowest BCUT2D eigenvalue weighted by atomic mass is 10.00. The third-order valence-corrected chi connectivity index (χ3v) is 3.84. The summed E-state index contributed by atoms with van der Waals surface area (Å²) in [5.74, 6) is 0. The molecule has 0 aromatic heterocycles. The molecular formula is C15H24N2. The van der Waals surface area contributed by atoms with Crippen molar-refractivity contribution < 1.29 is 0 Å². The number of aryl methyl sites for hydroxylation is 1. The van der Waals surface area contributed by atoms with Crippen LogP contribution in [0.4, 0.5) is 0 Å². The van der Waals surface area contributed by atoms with Crippen LogP contribution >= 0.6 is 0 Å². The highest BCUT2D eigenvalue weighted by Crippen LogP contribution is 2.20. The molecule has 0 amide bonds. The Hall–Kier alpha value is -0.860. The molecule has 1 saturated heterocycles. The predicted octanol–water partition coefficient (Wildman–Crippen LogP) is 2.87. The minimum absolute atomic E-state index is 0.149. The number of hydrogen-bond acceptors (Lipinski definition) is 2. The Morgan fingerprint density at radius 3 is 2.94 bits per heavy atom. The second-order valence-electron chi connectivity index (χ2n) is 5.36. The van der Waals surface area contributed by atoms with Crippen LogP contribution < -0.4 is 5.73 Å². The number of nitrogens with two attached hydrogens (primary N) is 1. The largest absolute Gasteiger partial charge is 0.323 e. The lowest BCUT2D eigenvalue weighted by Crippen LogP contribution is -2.41. The van der Waals surface area contributed by atoms with Gasteiger partial charge in [-0.05, 0) is 38.8 Å². The van der Waals surface area contributed by atoms with E-state index in [4.69, 9.17) is 5.73 Å². The highest BCUT2D eigenvalue weighted by atomic mass is 15.2. The first-order valence-corrected chi connectivity index (χ1v) is 6.73. The fraction of sp³-hybridized carbons (Fsp3) is 0.600. The summed E-state index contributed by atoms with van der Waals surface area (Å²) in [5, 5.41) is 0. The first kappa shape index (κ1) is 12.6. The molecule has 2 nitrogen and oxygen atoms in total. The molecule has 1 aliphatic heterocycles. The van der Waals surface area contributed by atoms with Gasteiger partial charge in [-0.1, -0.05) is 36.2 Å². The van der Waals surface area contributed by atoms with Gasteiger partial charge in [0.2, 0.25) is 0 Å². The second-order valence-corrected chi connectivity index (χ2v) is 5.36. The molecule has 2 rings (SSSR count). The molecule has 0 bridgehead atoms. The Balaban J connectivity index is 1.98. The Morgan fingerprint density at radius 1 is 1.41 bits per heavy atom. The maximum Gasteiger partial charge on any atom is 0.0424 e. The fourth-order valence-electron chi connectivity index (χ4n) is 2.69. The maximum atomic E-state index is 6.32. The lowest BCUT2D eigenvalue weighted by molar-refractivity contribution is 0.151. The number of nitrogens with zero attached hydrogens (tertiary/aromatic N) is 1. The van der Waals surface area contributed by atoms with Gasteiger partial charge in [-0.15, -0.1) is 0 Å². The second kappa shape index (κ2) is 5.65. The van der Waals surface area contributed by atoms with Crippen molar-refractivity contribution in [3.05, 3.63) is 35.4 Å². The highest BCUT2D eigenvalue weighted by Gasteiger charge is 2.20. The smallest absolute Gasteiger partial charge is 0.0424 e. The summed E-state index contributed by atoms with van der Waals surface area (Å²) >= 11 is 0. The summed E-state index contributed by atoms with van der Waals surface area (Å²) in [6, 6.07) is 9.42. The minimum Gasteiger partial charge on any atom is -0.323 e. The monoisotopic (exact) mass is 232 g/mol. The molecule has 1 aromatic carbocycles. The van der Waals surface area contributed by atoms with E-state index in [1.54, 1.807) is 0 Å². The molecule has 2 unspecified atom stereocenters. The summed E-state index contributed by atoms with van der Waals surface area (Å²) in [7, 11) is 0. The van der Waals surface area contributed by atoms with Gasteiger partial charge in [0.1, 0.15) is 0 Å². The molecule has 1 heterocycles. The molecule has 17 heavy (non-hydrogen) atoms.